The zero-order valence-corrected chi connectivity index (χ0v) is 21.6. The molecular weight excluding hydrogens is 460 g/mol. The van der Waals surface area contributed by atoms with Gasteiger partial charge in [-0.2, -0.15) is 4.98 Å². The number of primary amides is 1. The predicted molar refractivity (Wildman–Crippen MR) is 137 cm³/mol. The molecule has 1 aromatic heterocycles. The second kappa shape index (κ2) is 12.1. The van der Waals surface area contributed by atoms with Crippen molar-refractivity contribution < 1.29 is 24.3 Å². The molecule has 0 aliphatic carbocycles. The zero-order chi connectivity index (χ0) is 26.4. The highest BCUT2D eigenvalue weighted by Crippen LogP contribution is 2.31. The fourth-order valence-corrected chi connectivity index (χ4v) is 3.93. The van der Waals surface area contributed by atoms with Gasteiger partial charge in [0.15, 0.2) is 0 Å². The third-order valence-electron chi connectivity index (χ3n) is 6.23. The van der Waals surface area contributed by atoms with Gasteiger partial charge in [-0.25, -0.2) is 0 Å². The van der Waals surface area contributed by atoms with Gasteiger partial charge >= 0.3 is 0 Å². The average molecular weight is 497 g/mol. The molecule has 0 fully saturated rings. The van der Waals surface area contributed by atoms with Crippen molar-refractivity contribution >= 4 is 5.91 Å². The quantitative estimate of drug-likeness (QED) is 0.348. The predicted octanol–water partition coefficient (Wildman–Crippen LogP) is 3.01. The average Bonchev–Trinajstić information content (AvgIpc) is 3.34. The molecule has 1 heterocycles. The normalized spacial score (nSPS) is 13.1. The van der Waals surface area contributed by atoms with Crippen LogP contribution in [-0.2, 0) is 17.8 Å². The lowest BCUT2D eigenvalue weighted by molar-refractivity contribution is -0.127. The third kappa shape index (κ3) is 6.69. The van der Waals surface area contributed by atoms with Crippen LogP contribution in [-0.4, -0.2) is 63.6 Å². The Morgan fingerprint density at radius 1 is 1.11 bits per heavy atom. The van der Waals surface area contributed by atoms with Crippen LogP contribution in [0.4, 0.5) is 0 Å². The minimum Gasteiger partial charge on any atom is -0.490 e. The first-order valence-corrected chi connectivity index (χ1v) is 12.2. The monoisotopic (exact) mass is 496 g/mol. The number of aliphatic hydroxyl groups excluding tert-OH is 2. The number of hydrogen-bond donors (Lipinski definition) is 3. The Bertz CT molecular complexity index is 1190. The summed E-state index contributed by atoms with van der Waals surface area (Å²) in [4.78, 5) is 17.9. The molecule has 0 aliphatic rings. The number of nitrogens with two attached hydrogens (primary N) is 1. The van der Waals surface area contributed by atoms with Crippen LogP contribution in [0, 0.1) is 13.8 Å². The van der Waals surface area contributed by atoms with Crippen molar-refractivity contribution in [1.29, 1.82) is 0 Å². The minimum absolute atomic E-state index is 0.0761. The van der Waals surface area contributed by atoms with Crippen molar-refractivity contribution in [1.82, 2.24) is 15.0 Å². The van der Waals surface area contributed by atoms with Crippen molar-refractivity contribution in [3.05, 3.63) is 52.6 Å². The van der Waals surface area contributed by atoms with Crippen LogP contribution in [0.1, 0.15) is 42.5 Å². The molecule has 36 heavy (non-hydrogen) atoms. The van der Waals surface area contributed by atoms with E-state index in [-0.39, 0.29) is 13.0 Å². The highest BCUT2D eigenvalue weighted by Gasteiger charge is 2.19. The summed E-state index contributed by atoms with van der Waals surface area (Å²) in [7, 11) is 2.09. The largest absolute Gasteiger partial charge is 0.490 e. The van der Waals surface area contributed by atoms with E-state index in [9.17, 15) is 15.0 Å². The van der Waals surface area contributed by atoms with E-state index < -0.39 is 18.1 Å². The molecule has 1 amide bonds. The van der Waals surface area contributed by atoms with Crippen molar-refractivity contribution in [3.8, 4) is 28.6 Å². The fourth-order valence-electron chi connectivity index (χ4n) is 3.93. The number of carbonyl (C=O) groups excluding carboxylic acids is 1. The Balaban J connectivity index is 1.78. The molecule has 9 heteroatoms. The summed E-state index contributed by atoms with van der Waals surface area (Å²) in [5, 5.41) is 23.8. The summed E-state index contributed by atoms with van der Waals surface area (Å²) < 4.78 is 11.4. The maximum atomic E-state index is 11.0. The number of hydrogen-bond acceptors (Lipinski definition) is 8. The molecule has 3 aromatic rings. The number of rotatable bonds is 12. The van der Waals surface area contributed by atoms with E-state index in [0.29, 0.717) is 23.9 Å². The topological polar surface area (TPSA) is 135 Å². The second-order valence-corrected chi connectivity index (χ2v) is 9.15. The minimum atomic E-state index is -1.41. The van der Waals surface area contributed by atoms with Crippen LogP contribution in [0.15, 0.2) is 34.9 Å². The number of nitrogens with zero attached hydrogens (tertiary/aromatic N) is 3. The van der Waals surface area contributed by atoms with Crippen LogP contribution in [0.5, 0.6) is 5.75 Å². The van der Waals surface area contributed by atoms with E-state index in [1.165, 1.54) is 11.1 Å². The summed E-state index contributed by atoms with van der Waals surface area (Å²) >= 11 is 0. The Labute approximate surface area is 211 Å². The number of carbonyl (C=O) groups is 1. The van der Waals surface area contributed by atoms with Gasteiger partial charge in [0.2, 0.25) is 11.7 Å². The van der Waals surface area contributed by atoms with Crippen molar-refractivity contribution in [3.63, 3.8) is 0 Å². The SMILES string of the molecule is CCc1cc(-c2noc(-c3ccc(CN(C)CC)c(C)c3)n2)cc(C)c1OC[C@@H](O)CC(O)C(N)=O. The lowest BCUT2D eigenvalue weighted by Crippen LogP contribution is -2.33. The highest BCUT2D eigenvalue weighted by molar-refractivity contribution is 5.78. The first kappa shape index (κ1) is 27.3. The molecule has 1 unspecified atom stereocenters. The first-order valence-electron chi connectivity index (χ1n) is 12.2. The van der Waals surface area contributed by atoms with Gasteiger partial charge in [-0.1, -0.05) is 25.1 Å². The van der Waals surface area contributed by atoms with E-state index in [0.717, 1.165) is 35.3 Å². The third-order valence-corrected chi connectivity index (χ3v) is 6.23. The smallest absolute Gasteiger partial charge is 0.258 e. The summed E-state index contributed by atoms with van der Waals surface area (Å²) in [6, 6.07) is 10.0. The van der Waals surface area contributed by atoms with Crippen LogP contribution >= 0.6 is 0 Å². The van der Waals surface area contributed by atoms with E-state index in [4.69, 9.17) is 15.0 Å². The van der Waals surface area contributed by atoms with Gasteiger partial charge in [0, 0.05) is 24.1 Å². The van der Waals surface area contributed by atoms with Gasteiger partial charge in [0.05, 0.1) is 6.10 Å². The Hall–Kier alpha value is -3.27. The lowest BCUT2D eigenvalue weighted by Gasteiger charge is -2.18. The molecule has 194 valence electrons. The van der Waals surface area contributed by atoms with E-state index in [1.807, 2.05) is 32.0 Å². The molecule has 3 rings (SSSR count). The molecule has 0 spiro atoms. The summed E-state index contributed by atoms with van der Waals surface area (Å²) in [6.45, 7) is 9.91. The van der Waals surface area contributed by atoms with Crippen molar-refractivity contribution in [2.45, 2.75) is 59.3 Å². The number of amides is 1. The Kier molecular flexibility index (Phi) is 9.19. The number of aromatic nitrogens is 2. The number of ether oxygens (including phenoxy) is 1. The van der Waals surface area contributed by atoms with Gasteiger partial charge in [0.25, 0.3) is 5.89 Å². The van der Waals surface area contributed by atoms with Gasteiger partial charge in [0.1, 0.15) is 18.5 Å². The molecular formula is C27H36N4O5. The standard InChI is InChI=1S/C27H36N4O5/c1-6-18-12-21(11-17(4)24(18)35-15-22(32)13-23(33)25(28)34)26-29-27(36-30-26)19-8-9-20(16(3)10-19)14-31(5)7-2/h8-12,22-23,32-33H,6-7,13-15H2,1-5H3,(H2,28,34)/t22-,23?/m0/s1. The number of aliphatic hydroxyl groups is 2. The van der Waals surface area contributed by atoms with E-state index in [2.05, 4.69) is 48.1 Å². The summed E-state index contributed by atoms with van der Waals surface area (Å²) in [6.07, 6.45) is -1.95. The van der Waals surface area contributed by atoms with Crippen LogP contribution in [0.25, 0.3) is 22.8 Å². The van der Waals surface area contributed by atoms with E-state index in [1.54, 1.807) is 0 Å². The Morgan fingerprint density at radius 3 is 2.47 bits per heavy atom. The molecule has 2 atom stereocenters. The molecule has 0 radical (unpaired) electrons. The molecule has 0 saturated heterocycles. The zero-order valence-electron chi connectivity index (χ0n) is 21.6. The maximum absolute atomic E-state index is 11.0. The first-order chi connectivity index (χ1) is 17.1. The molecule has 0 aliphatic heterocycles. The lowest BCUT2D eigenvalue weighted by atomic mass is 10.0. The van der Waals surface area contributed by atoms with Crippen molar-refractivity contribution in [2.75, 3.05) is 20.2 Å². The van der Waals surface area contributed by atoms with Crippen LogP contribution in [0.2, 0.25) is 0 Å². The summed E-state index contributed by atoms with van der Waals surface area (Å²) in [5.41, 5.74) is 10.9. The second-order valence-electron chi connectivity index (χ2n) is 9.15. The molecule has 2 aromatic carbocycles. The highest BCUT2D eigenvalue weighted by atomic mass is 16.5. The number of benzene rings is 2. The number of aryl methyl sites for hydroxylation is 3. The van der Waals surface area contributed by atoms with Crippen LogP contribution in [0.3, 0.4) is 0 Å². The molecule has 0 saturated carbocycles. The maximum Gasteiger partial charge on any atom is 0.258 e. The van der Waals surface area contributed by atoms with Gasteiger partial charge in [-0.3, -0.25) is 4.79 Å². The molecule has 9 nitrogen and oxygen atoms in total. The summed E-state index contributed by atoms with van der Waals surface area (Å²) in [5.74, 6) is 0.696. The Morgan fingerprint density at radius 2 is 1.83 bits per heavy atom. The van der Waals surface area contributed by atoms with Gasteiger partial charge < -0.3 is 30.1 Å². The van der Waals surface area contributed by atoms with Gasteiger partial charge in [-0.15, -0.1) is 0 Å². The molecule has 4 N–H and O–H groups in total. The van der Waals surface area contributed by atoms with Crippen molar-refractivity contribution in [2.24, 2.45) is 5.73 Å². The fraction of sp³-hybridized carbons (Fsp3) is 0.444. The molecule has 0 bridgehead atoms. The van der Waals surface area contributed by atoms with Crippen LogP contribution < -0.4 is 10.5 Å². The van der Waals surface area contributed by atoms with Gasteiger partial charge in [-0.05, 0) is 80.4 Å². The van der Waals surface area contributed by atoms with E-state index >= 15 is 0 Å².